The van der Waals surface area contributed by atoms with Gasteiger partial charge in [-0.3, -0.25) is 4.79 Å². The number of carbonyl (C=O) groups is 3. The van der Waals surface area contributed by atoms with Crippen molar-refractivity contribution in [3.05, 3.63) is 69.8 Å². The van der Waals surface area contributed by atoms with Crippen LogP contribution in [0.4, 0.5) is 0 Å². The van der Waals surface area contributed by atoms with E-state index in [2.05, 4.69) is 0 Å². The van der Waals surface area contributed by atoms with Crippen LogP contribution in [0.2, 0.25) is 0 Å². The van der Waals surface area contributed by atoms with Gasteiger partial charge in [-0.2, -0.15) is 0 Å². The molecule has 0 heterocycles. The molecular formula is C17H14O5. The van der Waals surface area contributed by atoms with Crippen molar-refractivity contribution in [3.63, 3.8) is 0 Å². The van der Waals surface area contributed by atoms with E-state index in [0.717, 1.165) is 17.2 Å². The third kappa shape index (κ3) is 3.20. The monoisotopic (exact) mass is 298 g/mol. The van der Waals surface area contributed by atoms with E-state index in [4.69, 9.17) is 10.2 Å². The fraction of sp³-hybridized carbons (Fsp3) is 0.118. The first kappa shape index (κ1) is 15.4. The fourth-order valence-corrected chi connectivity index (χ4v) is 2.28. The lowest BCUT2D eigenvalue weighted by molar-refractivity contribution is 0.0696. The lowest BCUT2D eigenvalue weighted by atomic mass is 9.96. The van der Waals surface area contributed by atoms with Crippen LogP contribution < -0.4 is 0 Å². The van der Waals surface area contributed by atoms with Gasteiger partial charge in [-0.15, -0.1) is 0 Å². The van der Waals surface area contributed by atoms with E-state index in [1.54, 1.807) is 12.1 Å². The zero-order valence-corrected chi connectivity index (χ0v) is 12.1. The van der Waals surface area contributed by atoms with Crippen LogP contribution in [0.1, 0.15) is 47.8 Å². The van der Waals surface area contributed by atoms with Gasteiger partial charge in [0.1, 0.15) is 0 Å². The summed E-state index contributed by atoms with van der Waals surface area (Å²) in [6.45, 7) is 3.69. The zero-order chi connectivity index (χ0) is 16.4. The molecule has 0 aliphatic carbocycles. The number of aryl methyl sites for hydroxylation is 2. The van der Waals surface area contributed by atoms with Crippen LogP contribution in [0.25, 0.3) is 0 Å². The largest absolute Gasteiger partial charge is 0.478 e. The second-order valence-corrected chi connectivity index (χ2v) is 5.11. The number of aromatic carboxylic acids is 2. The third-order valence-corrected chi connectivity index (χ3v) is 3.17. The van der Waals surface area contributed by atoms with Crippen molar-refractivity contribution in [3.8, 4) is 0 Å². The Morgan fingerprint density at radius 2 is 1.00 bits per heavy atom. The number of carbonyl (C=O) groups excluding carboxylic acids is 1. The highest BCUT2D eigenvalue weighted by atomic mass is 16.4. The Balaban J connectivity index is 2.57. The highest BCUT2D eigenvalue weighted by Gasteiger charge is 2.17. The number of benzene rings is 2. The van der Waals surface area contributed by atoms with E-state index < -0.39 is 17.7 Å². The molecule has 0 fully saturated rings. The lowest BCUT2D eigenvalue weighted by Gasteiger charge is -2.07. The van der Waals surface area contributed by atoms with Gasteiger partial charge < -0.3 is 10.2 Å². The molecular weight excluding hydrogens is 284 g/mol. The van der Waals surface area contributed by atoms with Crippen molar-refractivity contribution < 1.29 is 24.6 Å². The van der Waals surface area contributed by atoms with Crippen molar-refractivity contribution >= 4 is 17.7 Å². The standard InChI is InChI=1S/C17H14O5/c1-9-3-10(2)5-11(4-9)15(18)12-6-13(16(19)20)8-14(7-12)17(21)22/h3-8H,1-2H3,(H,19,20)(H,21,22). The third-order valence-electron chi connectivity index (χ3n) is 3.17. The van der Waals surface area contributed by atoms with Gasteiger partial charge in [-0.05, 0) is 44.2 Å². The minimum atomic E-state index is -1.28. The summed E-state index contributed by atoms with van der Waals surface area (Å²) in [6, 6.07) is 8.69. The van der Waals surface area contributed by atoms with Crippen LogP contribution in [-0.2, 0) is 0 Å². The Kier molecular flexibility index (Phi) is 4.08. The van der Waals surface area contributed by atoms with Crippen LogP contribution >= 0.6 is 0 Å². The second kappa shape index (κ2) is 5.81. The molecule has 112 valence electrons. The van der Waals surface area contributed by atoms with Gasteiger partial charge in [0.15, 0.2) is 5.78 Å². The average molecular weight is 298 g/mol. The molecule has 0 unspecified atom stereocenters. The highest BCUT2D eigenvalue weighted by Crippen LogP contribution is 2.17. The van der Waals surface area contributed by atoms with Crippen molar-refractivity contribution in [2.75, 3.05) is 0 Å². The predicted molar refractivity (Wildman–Crippen MR) is 79.7 cm³/mol. The van der Waals surface area contributed by atoms with Gasteiger partial charge in [-0.25, -0.2) is 9.59 Å². The maximum absolute atomic E-state index is 12.5. The molecule has 5 nitrogen and oxygen atoms in total. The van der Waals surface area contributed by atoms with Crippen molar-refractivity contribution in [1.29, 1.82) is 0 Å². The molecule has 0 aliphatic heterocycles. The molecule has 0 saturated carbocycles. The van der Waals surface area contributed by atoms with Crippen LogP contribution in [0.3, 0.4) is 0 Å². The summed E-state index contributed by atoms with van der Waals surface area (Å²) < 4.78 is 0. The molecule has 2 rings (SSSR count). The fourth-order valence-electron chi connectivity index (χ4n) is 2.28. The van der Waals surface area contributed by atoms with E-state index in [9.17, 15) is 14.4 Å². The molecule has 2 aromatic rings. The van der Waals surface area contributed by atoms with E-state index in [0.29, 0.717) is 5.56 Å². The quantitative estimate of drug-likeness (QED) is 0.847. The zero-order valence-electron chi connectivity index (χ0n) is 12.1. The van der Waals surface area contributed by atoms with Crippen LogP contribution in [0.15, 0.2) is 36.4 Å². The Bertz CT molecular complexity index is 737. The Labute approximate surface area is 126 Å². The number of hydrogen-bond donors (Lipinski definition) is 2. The molecule has 2 N–H and O–H groups in total. The minimum absolute atomic E-state index is 0.0438. The summed E-state index contributed by atoms with van der Waals surface area (Å²) in [5.41, 5.74) is 1.78. The van der Waals surface area contributed by atoms with Gasteiger partial charge in [0.05, 0.1) is 11.1 Å². The molecule has 22 heavy (non-hydrogen) atoms. The van der Waals surface area contributed by atoms with E-state index in [-0.39, 0.29) is 16.7 Å². The summed E-state index contributed by atoms with van der Waals surface area (Å²) in [7, 11) is 0. The molecule has 0 atom stereocenters. The van der Waals surface area contributed by atoms with Crippen LogP contribution in [0.5, 0.6) is 0 Å². The van der Waals surface area contributed by atoms with Gasteiger partial charge >= 0.3 is 11.9 Å². The van der Waals surface area contributed by atoms with Crippen molar-refractivity contribution in [1.82, 2.24) is 0 Å². The molecule has 0 radical (unpaired) electrons. The summed E-state index contributed by atoms with van der Waals surface area (Å²) in [5.74, 6) is -2.97. The van der Waals surface area contributed by atoms with Crippen molar-refractivity contribution in [2.24, 2.45) is 0 Å². The number of rotatable bonds is 4. The first-order chi connectivity index (χ1) is 10.3. The summed E-state index contributed by atoms with van der Waals surface area (Å²) in [6.07, 6.45) is 0. The predicted octanol–water partition coefficient (Wildman–Crippen LogP) is 2.93. The molecule has 0 aromatic heterocycles. The average Bonchev–Trinajstić information content (AvgIpc) is 2.44. The van der Waals surface area contributed by atoms with Gasteiger partial charge in [0.25, 0.3) is 0 Å². The topological polar surface area (TPSA) is 91.7 Å². The van der Waals surface area contributed by atoms with Crippen LogP contribution in [-0.4, -0.2) is 27.9 Å². The molecule has 0 amide bonds. The van der Waals surface area contributed by atoms with Crippen LogP contribution in [0, 0.1) is 13.8 Å². The van der Waals surface area contributed by atoms with Gasteiger partial charge in [0, 0.05) is 11.1 Å². The minimum Gasteiger partial charge on any atom is -0.478 e. The molecule has 0 saturated heterocycles. The number of ketones is 1. The molecule has 0 bridgehead atoms. The Morgan fingerprint density at radius 3 is 1.41 bits per heavy atom. The second-order valence-electron chi connectivity index (χ2n) is 5.11. The first-order valence-corrected chi connectivity index (χ1v) is 6.52. The van der Waals surface area contributed by atoms with Gasteiger partial charge in [0.2, 0.25) is 0 Å². The van der Waals surface area contributed by atoms with Gasteiger partial charge in [-0.1, -0.05) is 17.2 Å². The number of hydrogen-bond acceptors (Lipinski definition) is 3. The lowest BCUT2D eigenvalue weighted by Crippen LogP contribution is -2.09. The SMILES string of the molecule is Cc1cc(C)cc(C(=O)c2cc(C(=O)O)cc(C(=O)O)c2)c1. The Morgan fingerprint density at radius 1 is 0.636 bits per heavy atom. The maximum atomic E-state index is 12.5. The molecule has 0 spiro atoms. The molecule has 0 aliphatic rings. The van der Waals surface area contributed by atoms with E-state index in [1.807, 2.05) is 19.9 Å². The first-order valence-electron chi connectivity index (χ1n) is 6.52. The number of carboxylic acids is 2. The molecule has 2 aromatic carbocycles. The maximum Gasteiger partial charge on any atom is 0.335 e. The number of carboxylic acid groups (broad SMARTS) is 2. The van der Waals surface area contributed by atoms with E-state index >= 15 is 0 Å². The highest BCUT2D eigenvalue weighted by molar-refractivity contribution is 6.11. The summed E-state index contributed by atoms with van der Waals surface area (Å²) in [5, 5.41) is 18.1. The Hall–Kier alpha value is -2.95. The van der Waals surface area contributed by atoms with Crippen molar-refractivity contribution in [2.45, 2.75) is 13.8 Å². The molecule has 5 heteroatoms. The normalized spacial score (nSPS) is 10.3. The summed E-state index contributed by atoms with van der Waals surface area (Å²) in [4.78, 5) is 34.7. The van der Waals surface area contributed by atoms with E-state index in [1.165, 1.54) is 12.1 Å². The smallest absolute Gasteiger partial charge is 0.335 e. The summed E-state index contributed by atoms with van der Waals surface area (Å²) >= 11 is 0.